The molecule has 1 saturated heterocycles. The molecule has 2 aromatic rings. The molecular weight excluding hydrogens is 377 g/mol. The first-order valence-electron chi connectivity index (χ1n) is 11.1. The molecule has 0 bridgehead atoms. The number of hydrogen-bond donors (Lipinski definition) is 0. The topological polar surface area (TPSA) is 29.5 Å². The summed E-state index contributed by atoms with van der Waals surface area (Å²) < 4.78 is 19.0. The van der Waals surface area contributed by atoms with Gasteiger partial charge in [0.15, 0.2) is 0 Å². The van der Waals surface area contributed by atoms with Crippen molar-refractivity contribution >= 4 is 11.5 Å². The SMILES string of the molecule is CCOC(=O)C1CCN(CCC=C2c3ccccc3CCc3cc(F)ccc32)CC1. The van der Waals surface area contributed by atoms with Crippen LogP contribution < -0.4 is 0 Å². The molecule has 1 fully saturated rings. The Morgan fingerprint density at radius 3 is 2.63 bits per heavy atom. The highest BCUT2D eigenvalue weighted by Crippen LogP contribution is 2.34. The number of esters is 1. The van der Waals surface area contributed by atoms with E-state index in [1.165, 1.54) is 16.7 Å². The number of hydrogen-bond acceptors (Lipinski definition) is 3. The molecule has 0 saturated carbocycles. The Kier molecular flexibility index (Phi) is 6.63. The monoisotopic (exact) mass is 407 g/mol. The van der Waals surface area contributed by atoms with Crippen molar-refractivity contribution in [2.45, 2.75) is 39.0 Å². The molecular formula is C26H30FNO2. The van der Waals surface area contributed by atoms with E-state index in [2.05, 4.69) is 35.2 Å². The second-order valence-electron chi connectivity index (χ2n) is 8.23. The van der Waals surface area contributed by atoms with Crippen LogP contribution in [0.3, 0.4) is 0 Å². The quantitative estimate of drug-likeness (QED) is 0.652. The number of carbonyl (C=O) groups is 1. The van der Waals surface area contributed by atoms with E-state index < -0.39 is 0 Å². The minimum Gasteiger partial charge on any atom is -0.466 e. The lowest BCUT2D eigenvalue weighted by molar-refractivity contribution is -0.149. The minimum absolute atomic E-state index is 0.0434. The molecule has 0 radical (unpaired) electrons. The predicted molar refractivity (Wildman–Crippen MR) is 118 cm³/mol. The third kappa shape index (κ3) is 4.65. The summed E-state index contributed by atoms with van der Waals surface area (Å²) in [5, 5.41) is 0. The number of carbonyl (C=O) groups excluding carboxylic acids is 1. The summed E-state index contributed by atoms with van der Waals surface area (Å²) in [5.74, 6) is -0.156. The van der Waals surface area contributed by atoms with Gasteiger partial charge in [0.25, 0.3) is 0 Å². The lowest BCUT2D eigenvalue weighted by Crippen LogP contribution is -2.37. The van der Waals surface area contributed by atoms with Crippen LogP contribution in [0.5, 0.6) is 0 Å². The fraction of sp³-hybridized carbons (Fsp3) is 0.423. The number of halogens is 1. The normalized spacial score (nSPS) is 18.5. The molecule has 4 rings (SSSR count). The summed E-state index contributed by atoms with van der Waals surface area (Å²) >= 11 is 0. The van der Waals surface area contributed by atoms with E-state index in [1.807, 2.05) is 13.0 Å². The first kappa shape index (κ1) is 20.8. The highest BCUT2D eigenvalue weighted by atomic mass is 19.1. The zero-order valence-electron chi connectivity index (χ0n) is 17.7. The number of fused-ring (bicyclic) bond motifs is 2. The zero-order chi connectivity index (χ0) is 20.9. The Balaban J connectivity index is 1.47. The number of aryl methyl sites for hydroxylation is 2. The van der Waals surface area contributed by atoms with Gasteiger partial charge in [-0.25, -0.2) is 4.39 Å². The van der Waals surface area contributed by atoms with Gasteiger partial charge in [0.1, 0.15) is 5.82 Å². The van der Waals surface area contributed by atoms with Crippen LogP contribution in [0.4, 0.5) is 4.39 Å². The Bertz CT molecular complexity index is 928. The van der Waals surface area contributed by atoms with Gasteiger partial charge in [-0.1, -0.05) is 36.4 Å². The van der Waals surface area contributed by atoms with E-state index in [0.717, 1.165) is 62.9 Å². The number of ether oxygens (including phenoxy) is 1. The number of benzene rings is 2. The van der Waals surface area contributed by atoms with Crippen LogP contribution in [0, 0.1) is 11.7 Å². The van der Waals surface area contributed by atoms with Crippen LogP contribution in [0.1, 0.15) is 48.4 Å². The molecule has 4 heteroatoms. The lowest BCUT2D eigenvalue weighted by atomic mass is 9.93. The fourth-order valence-corrected chi connectivity index (χ4v) is 4.71. The Labute approximate surface area is 178 Å². The first-order valence-corrected chi connectivity index (χ1v) is 11.1. The second-order valence-corrected chi connectivity index (χ2v) is 8.23. The molecule has 30 heavy (non-hydrogen) atoms. The van der Waals surface area contributed by atoms with Crippen LogP contribution in [0.2, 0.25) is 0 Å². The maximum absolute atomic E-state index is 13.9. The predicted octanol–water partition coefficient (Wildman–Crippen LogP) is 5.02. The van der Waals surface area contributed by atoms with Gasteiger partial charge in [-0.05, 0) is 92.1 Å². The Morgan fingerprint density at radius 1 is 1.10 bits per heavy atom. The van der Waals surface area contributed by atoms with Gasteiger partial charge in [0, 0.05) is 6.54 Å². The van der Waals surface area contributed by atoms with E-state index in [1.54, 1.807) is 12.1 Å². The molecule has 1 aliphatic carbocycles. The van der Waals surface area contributed by atoms with Crippen molar-refractivity contribution in [2.75, 3.05) is 26.2 Å². The molecule has 0 N–H and O–H groups in total. The highest BCUT2D eigenvalue weighted by molar-refractivity contribution is 5.84. The summed E-state index contributed by atoms with van der Waals surface area (Å²) in [6.45, 7) is 5.16. The van der Waals surface area contributed by atoms with E-state index in [-0.39, 0.29) is 17.7 Å². The summed E-state index contributed by atoms with van der Waals surface area (Å²) in [6.07, 6.45) is 6.80. The largest absolute Gasteiger partial charge is 0.466 e. The average Bonchev–Trinajstić information content (AvgIpc) is 2.91. The van der Waals surface area contributed by atoms with Crippen LogP contribution in [0.15, 0.2) is 48.5 Å². The van der Waals surface area contributed by atoms with Gasteiger partial charge in [-0.2, -0.15) is 0 Å². The van der Waals surface area contributed by atoms with Crippen molar-refractivity contribution in [3.63, 3.8) is 0 Å². The van der Waals surface area contributed by atoms with Crippen molar-refractivity contribution in [2.24, 2.45) is 5.92 Å². The van der Waals surface area contributed by atoms with Gasteiger partial charge in [0.05, 0.1) is 12.5 Å². The van der Waals surface area contributed by atoms with Crippen molar-refractivity contribution in [3.8, 4) is 0 Å². The van der Waals surface area contributed by atoms with Gasteiger partial charge in [0.2, 0.25) is 0 Å². The van der Waals surface area contributed by atoms with E-state index in [0.29, 0.717) is 6.61 Å². The van der Waals surface area contributed by atoms with Crippen LogP contribution in [0.25, 0.3) is 5.57 Å². The minimum atomic E-state index is -0.163. The standard InChI is InChI=1S/C26H30FNO2/c1-2-30-26(29)20-13-16-28(17-14-20)15-5-8-25-23-7-4-3-6-19(23)9-10-21-18-22(27)11-12-24(21)25/h3-4,6-8,11-12,18,20H,2,5,9-10,13-17H2,1H3. The van der Waals surface area contributed by atoms with Crippen molar-refractivity contribution in [1.82, 2.24) is 4.90 Å². The summed E-state index contributed by atoms with van der Waals surface area (Å²) in [7, 11) is 0. The molecule has 0 spiro atoms. The third-order valence-electron chi connectivity index (χ3n) is 6.33. The van der Waals surface area contributed by atoms with Gasteiger partial charge in [-0.3, -0.25) is 4.79 Å². The smallest absolute Gasteiger partial charge is 0.309 e. The first-order chi connectivity index (χ1) is 14.7. The number of piperidine rings is 1. The Hall–Kier alpha value is -2.46. The number of likely N-dealkylation sites (tertiary alicyclic amines) is 1. The molecule has 0 amide bonds. The molecule has 158 valence electrons. The average molecular weight is 408 g/mol. The van der Waals surface area contributed by atoms with Gasteiger partial charge in [-0.15, -0.1) is 0 Å². The Morgan fingerprint density at radius 2 is 1.83 bits per heavy atom. The summed E-state index contributed by atoms with van der Waals surface area (Å²) in [4.78, 5) is 14.4. The zero-order valence-corrected chi connectivity index (χ0v) is 17.7. The van der Waals surface area contributed by atoms with E-state index >= 15 is 0 Å². The van der Waals surface area contributed by atoms with Gasteiger partial charge >= 0.3 is 5.97 Å². The molecule has 1 heterocycles. The van der Waals surface area contributed by atoms with Crippen molar-refractivity contribution in [3.05, 3.63) is 76.6 Å². The molecule has 2 aromatic carbocycles. The van der Waals surface area contributed by atoms with Gasteiger partial charge < -0.3 is 9.64 Å². The maximum Gasteiger partial charge on any atom is 0.309 e. The van der Waals surface area contributed by atoms with E-state index in [4.69, 9.17) is 4.74 Å². The third-order valence-corrected chi connectivity index (χ3v) is 6.33. The maximum atomic E-state index is 13.9. The summed E-state index contributed by atoms with van der Waals surface area (Å²) in [6, 6.07) is 13.7. The van der Waals surface area contributed by atoms with Crippen molar-refractivity contribution in [1.29, 1.82) is 0 Å². The van der Waals surface area contributed by atoms with Crippen LogP contribution in [-0.4, -0.2) is 37.1 Å². The molecule has 1 aliphatic heterocycles. The van der Waals surface area contributed by atoms with E-state index in [9.17, 15) is 9.18 Å². The summed E-state index contributed by atoms with van der Waals surface area (Å²) in [5.41, 5.74) is 6.06. The molecule has 3 nitrogen and oxygen atoms in total. The molecule has 0 atom stereocenters. The molecule has 0 aromatic heterocycles. The van der Waals surface area contributed by atoms with Crippen LogP contribution in [-0.2, 0) is 22.4 Å². The molecule has 0 unspecified atom stereocenters. The molecule has 2 aliphatic rings. The lowest BCUT2D eigenvalue weighted by Gasteiger charge is -2.30. The highest BCUT2D eigenvalue weighted by Gasteiger charge is 2.25. The second kappa shape index (κ2) is 9.57. The van der Waals surface area contributed by atoms with Crippen molar-refractivity contribution < 1.29 is 13.9 Å². The number of nitrogens with zero attached hydrogens (tertiary/aromatic N) is 1. The number of rotatable bonds is 5. The fourth-order valence-electron chi connectivity index (χ4n) is 4.71. The van der Waals surface area contributed by atoms with Crippen LogP contribution >= 0.6 is 0 Å².